The van der Waals surface area contributed by atoms with E-state index in [1.807, 2.05) is 6.92 Å². The van der Waals surface area contributed by atoms with Gasteiger partial charge in [0.1, 0.15) is 5.69 Å². The number of ether oxygens (including phenoxy) is 1. The number of aromatic amines is 1. The molecule has 0 fully saturated rings. The lowest BCUT2D eigenvalue weighted by atomic mass is 10.1. The van der Waals surface area contributed by atoms with E-state index < -0.39 is 0 Å². The van der Waals surface area contributed by atoms with Crippen LogP contribution in [0.1, 0.15) is 46.0 Å². The number of methoxy groups -OCH3 is 1. The lowest BCUT2D eigenvalue weighted by molar-refractivity contribution is 0.0900. The Hall–Kier alpha value is -1.62. The van der Waals surface area contributed by atoms with Crippen molar-refractivity contribution in [1.82, 2.24) is 10.3 Å². The number of carbonyl (C=O) groups is 2. The topological polar surface area (TPSA) is 71.2 Å². The van der Waals surface area contributed by atoms with Crippen LogP contribution >= 0.6 is 0 Å². The molecule has 0 radical (unpaired) electrons. The molecule has 5 heteroatoms. The summed E-state index contributed by atoms with van der Waals surface area (Å²) in [7, 11) is 1.58. The van der Waals surface area contributed by atoms with Gasteiger partial charge in [-0.2, -0.15) is 0 Å². The largest absolute Gasteiger partial charge is 0.383 e. The van der Waals surface area contributed by atoms with E-state index in [-0.39, 0.29) is 17.7 Å². The first-order valence-corrected chi connectivity index (χ1v) is 5.88. The van der Waals surface area contributed by atoms with Gasteiger partial charge in [0.2, 0.25) is 0 Å². The Morgan fingerprint density at radius 1 is 1.39 bits per heavy atom. The Labute approximate surface area is 107 Å². The van der Waals surface area contributed by atoms with Crippen molar-refractivity contribution < 1.29 is 14.3 Å². The standard InChI is InChI=1S/C13H20N2O3/c1-7(6-18-5)14-13(17)12-8(2)11(10(4)16)9(3)15-12/h7,15H,6H2,1-5H3,(H,14,17)/t7-/m1/s1. The third-order valence-electron chi connectivity index (χ3n) is 2.81. The first-order chi connectivity index (χ1) is 8.38. The van der Waals surface area contributed by atoms with E-state index in [4.69, 9.17) is 4.74 Å². The van der Waals surface area contributed by atoms with Crippen LogP contribution < -0.4 is 5.32 Å². The monoisotopic (exact) mass is 252 g/mol. The Morgan fingerprint density at radius 3 is 2.44 bits per heavy atom. The third kappa shape index (κ3) is 2.98. The number of nitrogens with one attached hydrogen (secondary N) is 2. The summed E-state index contributed by atoms with van der Waals surface area (Å²) < 4.78 is 4.96. The predicted octanol–water partition coefficient (Wildman–Crippen LogP) is 1.60. The quantitative estimate of drug-likeness (QED) is 0.782. The molecule has 0 aliphatic carbocycles. The number of hydrogen-bond donors (Lipinski definition) is 2. The maximum Gasteiger partial charge on any atom is 0.268 e. The van der Waals surface area contributed by atoms with Gasteiger partial charge in [-0.1, -0.05) is 0 Å². The summed E-state index contributed by atoms with van der Waals surface area (Å²) >= 11 is 0. The Bertz CT molecular complexity index is 463. The van der Waals surface area contributed by atoms with Gasteiger partial charge in [0.25, 0.3) is 5.91 Å². The van der Waals surface area contributed by atoms with Crippen molar-refractivity contribution in [2.75, 3.05) is 13.7 Å². The van der Waals surface area contributed by atoms with Gasteiger partial charge in [-0.15, -0.1) is 0 Å². The van der Waals surface area contributed by atoms with Crippen molar-refractivity contribution in [1.29, 1.82) is 0 Å². The van der Waals surface area contributed by atoms with E-state index in [9.17, 15) is 9.59 Å². The van der Waals surface area contributed by atoms with Crippen LogP contribution in [0.15, 0.2) is 0 Å². The molecule has 2 N–H and O–H groups in total. The van der Waals surface area contributed by atoms with Gasteiger partial charge in [-0.3, -0.25) is 9.59 Å². The van der Waals surface area contributed by atoms with Gasteiger partial charge in [0.15, 0.2) is 5.78 Å². The Balaban J connectivity index is 2.94. The van der Waals surface area contributed by atoms with Crippen molar-refractivity contribution in [2.45, 2.75) is 33.7 Å². The highest BCUT2D eigenvalue weighted by atomic mass is 16.5. The molecular weight excluding hydrogens is 232 g/mol. The summed E-state index contributed by atoms with van der Waals surface area (Å²) in [4.78, 5) is 26.5. The molecule has 1 aromatic rings. The zero-order valence-corrected chi connectivity index (χ0v) is 11.5. The molecule has 0 saturated carbocycles. The number of amides is 1. The summed E-state index contributed by atoms with van der Waals surface area (Å²) in [6, 6.07) is -0.0775. The summed E-state index contributed by atoms with van der Waals surface area (Å²) in [5, 5.41) is 2.81. The van der Waals surface area contributed by atoms with Crippen LogP contribution in [-0.2, 0) is 4.74 Å². The van der Waals surface area contributed by atoms with Crippen molar-refractivity contribution >= 4 is 11.7 Å². The molecule has 5 nitrogen and oxygen atoms in total. The Kier molecular flexibility index (Phi) is 4.67. The molecule has 1 atom stereocenters. The molecule has 1 amide bonds. The maximum absolute atomic E-state index is 12.0. The number of ketones is 1. The van der Waals surface area contributed by atoms with Gasteiger partial charge in [0, 0.05) is 24.4 Å². The summed E-state index contributed by atoms with van der Waals surface area (Å²) in [5.41, 5.74) is 2.46. The molecule has 0 bridgehead atoms. The average molecular weight is 252 g/mol. The van der Waals surface area contributed by atoms with Crippen LogP contribution in [0.25, 0.3) is 0 Å². The van der Waals surface area contributed by atoms with Crippen molar-refractivity contribution in [2.24, 2.45) is 0 Å². The van der Waals surface area contributed by atoms with E-state index in [1.165, 1.54) is 6.92 Å². The fraction of sp³-hybridized carbons (Fsp3) is 0.538. The lowest BCUT2D eigenvalue weighted by Gasteiger charge is -2.12. The van der Waals surface area contributed by atoms with Gasteiger partial charge in [0.05, 0.1) is 6.61 Å². The van der Waals surface area contributed by atoms with E-state index >= 15 is 0 Å². The molecule has 100 valence electrons. The zero-order valence-electron chi connectivity index (χ0n) is 11.5. The zero-order chi connectivity index (χ0) is 13.9. The predicted molar refractivity (Wildman–Crippen MR) is 69.1 cm³/mol. The number of aryl methyl sites for hydroxylation is 1. The lowest BCUT2D eigenvalue weighted by Crippen LogP contribution is -2.36. The van der Waals surface area contributed by atoms with Gasteiger partial charge < -0.3 is 15.0 Å². The highest BCUT2D eigenvalue weighted by molar-refractivity contribution is 6.02. The molecule has 1 heterocycles. The third-order valence-corrected chi connectivity index (χ3v) is 2.81. The van der Waals surface area contributed by atoms with Gasteiger partial charge in [-0.25, -0.2) is 0 Å². The van der Waals surface area contributed by atoms with E-state index in [0.717, 1.165) is 5.69 Å². The highest BCUT2D eigenvalue weighted by Gasteiger charge is 2.20. The second-order valence-electron chi connectivity index (χ2n) is 4.51. The maximum atomic E-state index is 12.0. The summed E-state index contributed by atoms with van der Waals surface area (Å²) in [6.07, 6.45) is 0. The van der Waals surface area contributed by atoms with Gasteiger partial charge in [-0.05, 0) is 33.3 Å². The van der Waals surface area contributed by atoms with E-state index in [0.29, 0.717) is 23.4 Å². The van der Waals surface area contributed by atoms with Crippen LogP contribution in [0.5, 0.6) is 0 Å². The van der Waals surface area contributed by atoms with E-state index in [2.05, 4.69) is 10.3 Å². The Morgan fingerprint density at radius 2 is 2.00 bits per heavy atom. The minimum Gasteiger partial charge on any atom is -0.383 e. The second kappa shape index (κ2) is 5.82. The molecule has 0 unspecified atom stereocenters. The number of rotatable bonds is 5. The van der Waals surface area contributed by atoms with Crippen LogP contribution in [0.4, 0.5) is 0 Å². The fourth-order valence-electron chi connectivity index (χ4n) is 2.09. The van der Waals surface area contributed by atoms with Crippen LogP contribution in [0, 0.1) is 13.8 Å². The molecule has 0 spiro atoms. The fourth-order valence-corrected chi connectivity index (χ4v) is 2.09. The first kappa shape index (κ1) is 14.4. The molecule has 1 rings (SSSR count). The average Bonchev–Trinajstić information content (AvgIpc) is 2.54. The molecule has 0 saturated heterocycles. The molecule has 1 aromatic heterocycles. The van der Waals surface area contributed by atoms with Crippen molar-refractivity contribution in [3.63, 3.8) is 0 Å². The van der Waals surface area contributed by atoms with Crippen LogP contribution in [0.3, 0.4) is 0 Å². The number of aromatic nitrogens is 1. The molecule has 0 aromatic carbocycles. The molecule has 0 aliphatic heterocycles. The minimum absolute atomic E-state index is 0.0368. The first-order valence-electron chi connectivity index (χ1n) is 5.88. The second-order valence-corrected chi connectivity index (χ2v) is 4.51. The van der Waals surface area contributed by atoms with Gasteiger partial charge >= 0.3 is 0 Å². The van der Waals surface area contributed by atoms with Crippen LogP contribution in [0.2, 0.25) is 0 Å². The summed E-state index contributed by atoms with van der Waals surface area (Å²) in [6.45, 7) is 7.37. The number of H-pyrrole nitrogens is 1. The smallest absolute Gasteiger partial charge is 0.268 e. The van der Waals surface area contributed by atoms with Crippen molar-refractivity contribution in [3.8, 4) is 0 Å². The number of Topliss-reactive ketones (excluding diaryl/α,β-unsaturated/α-hetero) is 1. The normalized spacial score (nSPS) is 12.3. The summed E-state index contributed by atoms with van der Waals surface area (Å²) in [5.74, 6) is -0.252. The van der Waals surface area contributed by atoms with E-state index in [1.54, 1.807) is 21.0 Å². The van der Waals surface area contributed by atoms with Crippen LogP contribution in [-0.4, -0.2) is 36.4 Å². The minimum atomic E-state index is -0.215. The molecule has 0 aliphatic rings. The highest BCUT2D eigenvalue weighted by Crippen LogP contribution is 2.18. The van der Waals surface area contributed by atoms with Crippen molar-refractivity contribution in [3.05, 3.63) is 22.5 Å². The molecule has 18 heavy (non-hydrogen) atoms. The SMILES string of the molecule is COC[C@@H](C)NC(=O)c1[nH]c(C)c(C(C)=O)c1C. The number of carbonyl (C=O) groups excluding carboxylic acids is 2. The molecular formula is C13H20N2O3. The number of hydrogen-bond acceptors (Lipinski definition) is 3.